The number of alkyl halides is 3. The molecule has 1 fully saturated rings. The number of nitrogens with zero attached hydrogens (tertiary/aromatic N) is 2. The molecular formula is C18H15ClF5N3O4. The Kier molecular flexibility index (Phi) is 8.11. The maximum Gasteiger partial charge on any atom is 0.490 e. The van der Waals surface area contributed by atoms with Gasteiger partial charge in [0.15, 0.2) is 5.82 Å². The molecule has 0 saturated carbocycles. The van der Waals surface area contributed by atoms with E-state index in [1.165, 1.54) is 29.2 Å². The van der Waals surface area contributed by atoms with Crippen molar-refractivity contribution >= 4 is 29.3 Å². The summed E-state index contributed by atoms with van der Waals surface area (Å²) in [6, 6.07) is 6.71. The van der Waals surface area contributed by atoms with Gasteiger partial charge in [0.1, 0.15) is 18.2 Å². The van der Waals surface area contributed by atoms with Gasteiger partial charge < -0.3 is 15.2 Å². The molecule has 1 amide bonds. The molecule has 0 aliphatic carbocycles. The highest BCUT2D eigenvalue weighted by Crippen LogP contribution is 2.22. The third-order valence-corrected chi connectivity index (χ3v) is 4.02. The van der Waals surface area contributed by atoms with Crippen LogP contribution in [0.2, 0.25) is 5.02 Å². The molecule has 0 spiro atoms. The molecule has 2 aromatic rings. The highest BCUT2D eigenvalue weighted by molar-refractivity contribution is 6.30. The number of nitrogens with one attached hydrogen (secondary N) is 1. The molecule has 1 aliphatic heterocycles. The summed E-state index contributed by atoms with van der Waals surface area (Å²) in [5.41, 5.74) is 0.226. The lowest BCUT2D eigenvalue weighted by molar-refractivity contribution is -0.192. The molecule has 13 heteroatoms. The lowest BCUT2D eigenvalue weighted by Crippen LogP contribution is -2.48. The van der Waals surface area contributed by atoms with E-state index in [1.54, 1.807) is 0 Å². The summed E-state index contributed by atoms with van der Waals surface area (Å²) in [5, 5.41) is 10.3. The quantitative estimate of drug-likeness (QED) is 0.671. The van der Waals surface area contributed by atoms with Crippen molar-refractivity contribution in [1.29, 1.82) is 0 Å². The van der Waals surface area contributed by atoms with Crippen molar-refractivity contribution in [1.82, 2.24) is 10.3 Å². The molecule has 1 aromatic heterocycles. The molecule has 1 aliphatic rings. The molecular weight excluding hydrogens is 453 g/mol. The Morgan fingerprint density at radius 2 is 1.90 bits per heavy atom. The van der Waals surface area contributed by atoms with Crippen LogP contribution in [-0.4, -0.2) is 47.8 Å². The number of aromatic nitrogens is 1. The van der Waals surface area contributed by atoms with Gasteiger partial charge in [0.25, 0.3) is 5.88 Å². The number of aliphatic carboxylic acids is 1. The van der Waals surface area contributed by atoms with Crippen molar-refractivity contribution in [2.45, 2.75) is 12.8 Å². The first-order chi connectivity index (χ1) is 14.5. The minimum absolute atomic E-state index is 0.157. The second-order valence-corrected chi connectivity index (χ2v) is 6.44. The van der Waals surface area contributed by atoms with Gasteiger partial charge >= 0.3 is 12.1 Å². The third-order valence-electron chi connectivity index (χ3n) is 3.79. The second-order valence-electron chi connectivity index (χ2n) is 6.01. The Labute approximate surface area is 177 Å². The van der Waals surface area contributed by atoms with E-state index < -0.39 is 23.8 Å². The predicted octanol–water partition coefficient (Wildman–Crippen LogP) is 3.16. The number of rotatable bonds is 4. The van der Waals surface area contributed by atoms with Crippen molar-refractivity contribution in [3.63, 3.8) is 0 Å². The van der Waals surface area contributed by atoms with E-state index in [2.05, 4.69) is 10.3 Å². The van der Waals surface area contributed by atoms with Gasteiger partial charge in [-0.05, 0) is 24.3 Å². The van der Waals surface area contributed by atoms with Crippen LogP contribution in [0.25, 0.3) is 0 Å². The molecule has 1 saturated heterocycles. The van der Waals surface area contributed by atoms with Gasteiger partial charge in [0, 0.05) is 23.7 Å². The van der Waals surface area contributed by atoms with Crippen molar-refractivity contribution in [3.05, 3.63) is 52.6 Å². The maximum atomic E-state index is 13.9. The fourth-order valence-electron chi connectivity index (χ4n) is 2.30. The number of carbonyl (C=O) groups excluding carboxylic acids is 1. The largest absolute Gasteiger partial charge is 0.490 e. The van der Waals surface area contributed by atoms with E-state index in [4.69, 9.17) is 26.2 Å². The average molecular weight is 468 g/mol. The lowest BCUT2D eigenvalue weighted by Gasteiger charge is -2.26. The first-order valence-corrected chi connectivity index (χ1v) is 8.91. The van der Waals surface area contributed by atoms with Crippen LogP contribution >= 0.6 is 11.6 Å². The molecule has 0 atom stereocenters. The Balaban J connectivity index is 0.000000423. The highest BCUT2D eigenvalue weighted by Gasteiger charge is 2.38. The number of ether oxygens (including phenoxy) is 1. The van der Waals surface area contributed by atoms with Crippen LogP contribution in [-0.2, 0) is 16.2 Å². The Morgan fingerprint density at radius 1 is 1.23 bits per heavy atom. The zero-order valence-electron chi connectivity index (χ0n) is 15.5. The molecule has 2 heterocycles. The summed E-state index contributed by atoms with van der Waals surface area (Å²) >= 11 is 5.68. The molecule has 7 nitrogen and oxygen atoms in total. The van der Waals surface area contributed by atoms with Crippen LogP contribution in [0, 0.1) is 11.6 Å². The smallest absolute Gasteiger partial charge is 0.475 e. The molecule has 168 valence electrons. The monoisotopic (exact) mass is 467 g/mol. The zero-order chi connectivity index (χ0) is 23.2. The first-order valence-electron chi connectivity index (χ1n) is 8.53. The van der Waals surface area contributed by atoms with Gasteiger partial charge in [-0.3, -0.25) is 9.69 Å². The number of hydrogen-bond donors (Lipinski definition) is 2. The van der Waals surface area contributed by atoms with Crippen molar-refractivity contribution in [3.8, 4) is 5.88 Å². The number of carboxylic acid groups (broad SMARTS) is 1. The van der Waals surface area contributed by atoms with E-state index in [0.717, 1.165) is 6.07 Å². The zero-order valence-corrected chi connectivity index (χ0v) is 16.3. The highest BCUT2D eigenvalue weighted by atomic mass is 35.5. The average Bonchev–Trinajstić information content (AvgIpc) is 2.69. The lowest BCUT2D eigenvalue weighted by atomic mass is 10.2. The summed E-state index contributed by atoms with van der Waals surface area (Å²) in [5.74, 6) is -4.13. The van der Waals surface area contributed by atoms with Gasteiger partial charge in [0.2, 0.25) is 5.91 Å². The van der Waals surface area contributed by atoms with Crippen LogP contribution in [0.1, 0.15) is 5.56 Å². The van der Waals surface area contributed by atoms with Crippen LogP contribution in [0.3, 0.4) is 0 Å². The summed E-state index contributed by atoms with van der Waals surface area (Å²) < 4.78 is 64.6. The number of benzene rings is 1. The van der Waals surface area contributed by atoms with Gasteiger partial charge in [0.05, 0.1) is 6.54 Å². The summed E-state index contributed by atoms with van der Waals surface area (Å²) in [6.45, 7) is 1.05. The van der Waals surface area contributed by atoms with Crippen molar-refractivity contribution in [2.75, 3.05) is 24.5 Å². The SMILES string of the molecule is O=C(O)C(F)(F)F.O=C1CNCCN1c1ccc(F)c(OCc2ccc(Cl)cc2F)n1. The molecule has 0 radical (unpaired) electrons. The molecule has 1 aromatic carbocycles. The fourth-order valence-corrected chi connectivity index (χ4v) is 2.46. The predicted molar refractivity (Wildman–Crippen MR) is 98.9 cm³/mol. The normalized spacial score (nSPS) is 14.0. The molecule has 3 rings (SSSR count). The van der Waals surface area contributed by atoms with Crippen molar-refractivity contribution in [2.24, 2.45) is 0 Å². The Bertz CT molecular complexity index is 958. The summed E-state index contributed by atoms with van der Waals surface area (Å²) in [4.78, 5) is 26.3. The number of halogens is 6. The first kappa shape index (κ1) is 24.3. The Morgan fingerprint density at radius 3 is 2.48 bits per heavy atom. The van der Waals surface area contributed by atoms with Crippen LogP contribution in [0.4, 0.5) is 27.8 Å². The van der Waals surface area contributed by atoms with Crippen LogP contribution < -0.4 is 15.0 Å². The topological polar surface area (TPSA) is 91.8 Å². The van der Waals surface area contributed by atoms with Gasteiger partial charge in [-0.15, -0.1) is 0 Å². The maximum absolute atomic E-state index is 13.9. The van der Waals surface area contributed by atoms with Gasteiger partial charge in [-0.25, -0.2) is 13.6 Å². The molecule has 0 bridgehead atoms. The number of amides is 1. The molecule has 2 N–H and O–H groups in total. The minimum atomic E-state index is -5.08. The van der Waals surface area contributed by atoms with Gasteiger partial charge in [-0.2, -0.15) is 18.2 Å². The third kappa shape index (κ3) is 7.03. The number of anilines is 1. The standard InChI is InChI=1S/C16H14ClF2N3O2.C2HF3O2/c17-11-2-1-10(13(19)7-11)9-24-16-12(18)3-4-14(21-16)22-6-5-20-8-15(22)23;3-2(4,5)1(6)7/h1-4,7,20H,5-6,8-9H2;(H,6,7). The minimum Gasteiger partial charge on any atom is -0.475 e. The summed E-state index contributed by atoms with van der Waals surface area (Å²) in [6.07, 6.45) is -5.08. The van der Waals surface area contributed by atoms with Crippen LogP contribution in [0.5, 0.6) is 5.88 Å². The van der Waals surface area contributed by atoms with Crippen LogP contribution in [0.15, 0.2) is 30.3 Å². The number of carboxylic acids is 1. The number of hydrogen-bond acceptors (Lipinski definition) is 5. The van der Waals surface area contributed by atoms with E-state index >= 15 is 0 Å². The van der Waals surface area contributed by atoms with E-state index in [1.807, 2.05) is 0 Å². The van der Waals surface area contributed by atoms with E-state index in [9.17, 15) is 26.7 Å². The fraction of sp³-hybridized carbons (Fsp3) is 0.278. The van der Waals surface area contributed by atoms with E-state index in [0.29, 0.717) is 18.9 Å². The second kappa shape index (κ2) is 10.4. The Hall–Kier alpha value is -2.99. The number of pyridine rings is 1. The van der Waals surface area contributed by atoms with Gasteiger partial charge in [-0.1, -0.05) is 17.7 Å². The number of piperazine rings is 1. The van der Waals surface area contributed by atoms with Crippen molar-refractivity contribution < 1.29 is 41.4 Å². The number of carbonyl (C=O) groups is 2. The summed E-state index contributed by atoms with van der Waals surface area (Å²) in [7, 11) is 0. The van der Waals surface area contributed by atoms with E-state index in [-0.39, 0.29) is 35.5 Å². The molecule has 0 unspecified atom stereocenters. The molecule has 31 heavy (non-hydrogen) atoms.